The summed E-state index contributed by atoms with van der Waals surface area (Å²) in [5.74, 6) is 1.01. The summed E-state index contributed by atoms with van der Waals surface area (Å²) in [6, 6.07) is 16.4. The monoisotopic (exact) mass is 340 g/mol. The Kier molecular flexibility index (Phi) is 5.89. The maximum atomic E-state index is 11.6. The molecule has 0 aromatic heterocycles. The minimum atomic E-state index is -0.675. The third kappa shape index (κ3) is 4.85. The van der Waals surface area contributed by atoms with E-state index < -0.39 is 6.16 Å². The van der Waals surface area contributed by atoms with Crippen molar-refractivity contribution in [3.8, 4) is 5.75 Å². The van der Waals surface area contributed by atoms with Crippen LogP contribution in [0.25, 0.3) is 0 Å². The first kappa shape index (κ1) is 19.0. The normalized spacial score (nSPS) is 11.7. The molecule has 134 valence electrons. The van der Waals surface area contributed by atoms with Crippen molar-refractivity contribution in [2.45, 2.75) is 59.0 Å². The molecule has 3 heteroatoms. The molecule has 25 heavy (non-hydrogen) atoms. The standard InChI is InChI=1S/C22H28O3/c1-15(2)17-7-9-18(10-8-17)22(5,6)19-11-13-20(14-12-19)25-21(23)24-16(3)4/h7-16H,1-6H3. The molecule has 0 amide bonds. The third-order valence-corrected chi connectivity index (χ3v) is 4.41. The van der Waals surface area contributed by atoms with Crippen molar-refractivity contribution in [2.24, 2.45) is 0 Å². The van der Waals surface area contributed by atoms with Gasteiger partial charge in [0.05, 0.1) is 6.10 Å². The Labute approximate surface area is 151 Å². The van der Waals surface area contributed by atoms with E-state index in [0.29, 0.717) is 11.7 Å². The lowest BCUT2D eigenvalue weighted by Gasteiger charge is -2.26. The van der Waals surface area contributed by atoms with Gasteiger partial charge in [0.25, 0.3) is 0 Å². The quantitative estimate of drug-likeness (QED) is 0.490. The predicted octanol–water partition coefficient (Wildman–Crippen LogP) is 6.06. The molecule has 0 aliphatic carbocycles. The molecule has 0 atom stereocenters. The zero-order valence-electron chi connectivity index (χ0n) is 16.0. The van der Waals surface area contributed by atoms with Gasteiger partial charge in [-0.25, -0.2) is 4.79 Å². The van der Waals surface area contributed by atoms with E-state index in [0.717, 1.165) is 5.56 Å². The average Bonchev–Trinajstić information content (AvgIpc) is 2.54. The minimum Gasteiger partial charge on any atom is -0.431 e. The highest BCUT2D eigenvalue weighted by Crippen LogP contribution is 2.33. The van der Waals surface area contributed by atoms with Crippen LogP contribution >= 0.6 is 0 Å². The van der Waals surface area contributed by atoms with Crippen LogP contribution in [-0.4, -0.2) is 12.3 Å². The van der Waals surface area contributed by atoms with Gasteiger partial charge in [0, 0.05) is 5.41 Å². The second kappa shape index (κ2) is 7.73. The Hall–Kier alpha value is -2.29. The van der Waals surface area contributed by atoms with E-state index in [1.54, 1.807) is 26.0 Å². The van der Waals surface area contributed by atoms with Gasteiger partial charge in [-0.15, -0.1) is 0 Å². The van der Waals surface area contributed by atoms with Crippen LogP contribution in [0.15, 0.2) is 48.5 Å². The summed E-state index contributed by atoms with van der Waals surface area (Å²) >= 11 is 0. The lowest BCUT2D eigenvalue weighted by Crippen LogP contribution is -2.19. The van der Waals surface area contributed by atoms with E-state index in [1.165, 1.54) is 11.1 Å². The molecule has 0 radical (unpaired) electrons. The molecule has 0 fully saturated rings. The Morgan fingerprint density at radius 3 is 1.76 bits per heavy atom. The number of hydrogen-bond donors (Lipinski definition) is 0. The van der Waals surface area contributed by atoms with Gasteiger partial charge < -0.3 is 9.47 Å². The first-order valence-electron chi connectivity index (χ1n) is 8.79. The Morgan fingerprint density at radius 1 is 0.840 bits per heavy atom. The van der Waals surface area contributed by atoms with Gasteiger partial charge in [-0.2, -0.15) is 0 Å². The Bertz CT molecular complexity index is 695. The Balaban J connectivity index is 2.15. The first-order chi connectivity index (χ1) is 11.7. The molecule has 0 unspecified atom stereocenters. The molecule has 0 saturated carbocycles. The van der Waals surface area contributed by atoms with Crippen LogP contribution < -0.4 is 4.74 Å². The van der Waals surface area contributed by atoms with Gasteiger partial charge in [-0.05, 0) is 48.6 Å². The van der Waals surface area contributed by atoms with Crippen molar-refractivity contribution in [2.75, 3.05) is 0 Å². The van der Waals surface area contributed by atoms with E-state index in [9.17, 15) is 4.79 Å². The van der Waals surface area contributed by atoms with Gasteiger partial charge in [0.2, 0.25) is 0 Å². The van der Waals surface area contributed by atoms with Crippen molar-refractivity contribution in [1.29, 1.82) is 0 Å². The summed E-state index contributed by atoms with van der Waals surface area (Å²) in [4.78, 5) is 11.6. The highest BCUT2D eigenvalue weighted by atomic mass is 16.7. The van der Waals surface area contributed by atoms with Gasteiger partial charge in [-0.3, -0.25) is 0 Å². The van der Waals surface area contributed by atoms with Gasteiger partial charge in [-0.1, -0.05) is 64.1 Å². The number of carbonyl (C=O) groups excluding carboxylic acids is 1. The van der Waals surface area contributed by atoms with Crippen LogP contribution in [0.1, 0.15) is 64.2 Å². The lowest BCUT2D eigenvalue weighted by molar-refractivity contribution is 0.0729. The topological polar surface area (TPSA) is 35.5 Å². The van der Waals surface area contributed by atoms with Crippen LogP contribution in [0, 0.1) is 0 Å². The molecule has 3 nitrogen and oxygen atoms in total. The van der Waals surface area contributed by atoms with Crippen LogP contribution in [0.2, 0.25) is 0 Å². The van der Waals surface area contributed by atoms with Crippen molar-refractivity contribution in [3.63, 3.8) is 0 Å². The molecule has 0 spiro atoms. The van der Waals surface area contributed by atoms with E-state index in [-0.39, 0.29) is 11.5 Å². The lowest BCUT2D eigenvalue weighted by atomic mass is 9.77. The van der Waals surface area contributed by atoms with Crippen molar-refractivity contribution >= 4 is 6.16 Å². The van der Waals surface area contributed by atoms with E-state index >= 15 is 0 Å². The fraction of sp³-hybridized carbons (Fsp3) is 0.409. The highest BCUT2D eigenvalue weighted by Gasteiger charge is 2.23. The summed E-state index contributed by atoms with van der Waals surface area (Å²) in [6.07, 6.45) is -0.870. The number of hydrogen-bond acceptors (Lipinski definition) is 3. The zero-order valence-corrected chi connectivity index (χ0v) is 16.0. The molecule has 0 aliphatic rings. The molecular weight excluding hydrogens is 312 g/mol. The van der Waals surface area contributed by atoms with Gasteiger partial charge in [0.1, 0.15) is 5.75 Å². The summed E-state index contributed by atoms with van der Waals surface area (Å²) in [6.45, 7) is 12.4. The molecule has 0 saturated heterocycles. The van der Waals surface area contributed by atoms with Crippen molar-refractivity contribution in [1.82, 2.24) is 0 Å². The summed E-state index contributed by atoms with van der Waals surface area (Å²) < 4.78 is 10.2. The van der Waals surface area contributed by atoms with E-state index in [1.807, 2.05) is 12.1 Å². The van der Waals surface area contributed by atoms with Crippen LogP contribution in [0.3, 0.4) is 0 Å². The SMILES string of the molecule is CC(C)OC(=O)Oc1ccc(C(C)(C)c2ccc(C(C)C)cc2)cc1. The number of rotatable bonds is 5. The molecular formula is C22H28O3. The highest BCUT2D eigenvalue weighted by molar-refractivity contribution is 5.64. The van der Waals surface area contributed by atoms with E-state index in [4.69, 9.17) is 9.47 Å². The van der Waals surface area contributed by atoms with Crippen LogP contribution in [0.4, 0.5) is 4.79 Å². The maximum Gasteiger partial charge on any atom is 0.514 e. The van der Waals surface area contributed by atoms with Crippen molar-refractivity contribution < 1.29 is 14.3 Å². The summed E-state index contributed by atoms with van der Waals surface area (Å²) in [5.41, 5.74) is 3.62. The molecule has 2 aromatic carbocycles. The summed E-state index contributed by atoms with van der Waals surface area (Å²) in [7, 11) is 0. The maximum absolute atomic E-state index is 11.6. The predicted molar refractivity (Wildman–Crippen MR) is 101 cm³/mol. The fourth-order valence-corrected chi connectivity index (χ4v) is 2.70. The molecule has 0 heterocycles. The number of benzene rings is 2. The largest absolute Gasteiger partial charge is 0.514 e. The van der Waals surface area contributed by atoms with Crippen molar-refractivity contribution in [3.05, 3.63) is 65.2 Å². The number of ether oxygens (including phenoxy) is 2. The minimum absolute atomic E-state index is 0.132. The fourth-order valence-electron chi connectivity index (χ4n) is 2.70. The molecule has 0 aliphatic heterocycles. The van der Waals surface area contributed by atoms with Gasteiger partial charge >= 0.3 is 6.16 Å². The third-order valence-electron chi connectivity index (χ3n) is 4.41. The molecule has 0 N–H and O–H groups in total. The zero-order chi connectivity index (χ0) is 18.6. The smallest absolute Gasteiger partial charge is 0.431 e. The second-order valence-electron chi connectivity index (χ2n) is 7.44. The second-order valence-corrected chi connectivity index (χ2v) is 7.44. The van der Waals surface area contributed by atoms with E-state index in [2.05, 4.69) is 52.0 Å². The molecule has 0 bridgehead atoms. The van der Waals surface area contributed by atoms with Gasteiger partial charge in [0.15, 0.2) is 0 Å². The first-order valence-corrected chi connectivity index (χ1v) is 8.79. The van der Waals surface area contributed by atoms with Crippen LogP contribution in [-0.2, 0) is 10.2 Å². The van der Waals surface area contributed by atoms with Crippen LogP contribution in [0.5, 0.6) is 5.75 Å². The molecule has 2 rings (SSSR count). The molecule has 2 aromatic rings. The number of carbonyl (C=O) groups is 1. The summed E-state index contributed by atoms with van der Waals surface area (Å²) in [5, 5.41) is 0. The average molecular weight is 340 g/mol. The Morgan fingerprint density at radius 2 is 1.32 bits per heavy atom.